The van der Waals surface area contributed by atoms with Crippen molar-refractivity contribution in [1.29, 1.82) is 0 Å². The van der Waals surface area contributed by atoms with Gasteiger partial charge in [-0.2, -0.15) is 0 Å². The van der Waals surface area contributed by atoms with Gasteiger partial charge in [0.25, 0.3) is 0 Å². The summed E-state index contributed by atoms with van der Waals surface area (Å²) < 4.78 is 38.1. The van der Waals surface area contributed by atoms with Crippen LogP contribution in [0.25, 0.3) is 11.3 Å². The fourth-order valence-electron chi connectivity index (χ4n) is 4.40. The van der Waals surface area contributed by atoms with Gasteiger partial charge < -0.3 is 9.44 Å². The summed E-state index contributed by atoms with van der Waals surface area (Å²) in [5.41, 5.74) is 5.43. The summed E-state index contributed by atoms with van der Waals surface area (Å²) >= 11 is 0. The Balaban J connectivity index is 0.000000443. The molecule has 2 aromatic rings. The fraction of sp³-hybridized carbons (Fsp3) is 0.318. The van der Waals surface area contributed by atoms with E-state index in [0.29, 0.717) is 0 Å². The molecule has 7 heteroatoms. The molecule has 0 unspecified atom stereocenters. The number of rotatable bonds is 1. The molecule has 3 heterocycles. The minimum Gasteiger partial charge on any atom is -1.00 e. The van der Waals surface area contributed by atoms with E-state index in [1.54, 1.807) is 0 Å². The lowest BCUT2D eigenvalue weighted by Crippen LogP contribution is -3.00. The Bertz CT molecular complexity index is 1040. The van der Waals surface area contributed by atoms with E-state index >= 15 is 0 Å². The average Bonchev–Trinajstić information content (AvgIpc) is 2.69. The normalized spacial score (nSPS) is 16.2. The van der Waals surface area contributed by atoms with Gasteiger partial charge in [-0.25, -0.2) is 4.58 Å². The maximum Gasteiger partial charge on any atom is 0.762 e. The van der Waals surface area contributed by atoms with E-state index in [4.69, 9.17) is 4.74 Å². The third-order valence-electron chi connectivity index (χ3n) is 5.52. The van der Waals surface area contributed by atoms with Crippen molar-refractivity contribution < 1.29 is 22.4 Å². The van der Waals surface area contributed by atoms with Crippen LogP contribution in [0.1, 0.15) is 36.5 Å². The molecule has 0 aromatic heterocycles. The zero-order valence-corrected chi connectivity index (χ0v) is 16.2. The molecule has 152 valence electrons. The minimum atomic E-state index is -3.67. The Hall–Kier alpha value is -2.57. The molecule has 2 aromatic carbocycles. The second kappa shape index (κ2) is 8.85. The number of hydrogen-bond donors (Lipinski definition) is 0. The standard InChI is InChI=1S/C22H22NO.BF3.FH/c1-15-13-20(16-7-3-2-4-8-16)24-22-18-10-6-12-23-11-5-9-17(21(18)23)14-19(15)22;2-1(3)4;/h2-4,7-8,13-14H,5-6,9-12H2,1H3;;1H/q+1;;/p-1. The van der Waals surface area contributed by atoms with Crippen LogP contribution in [0.5, 0.6) is 5.75 Å². The Morgan fingerprint density at radius 1 is 1.00 bits per heavy atom. The van der Waals surface area contributed by atoms with Crippen molar-refractivity contribution in [2.24, 2.45) is 0 Å². The zero-order valence-electron chi connectivity index (χ0n) is 16.2. The lowest BCUT2D eigenvalue weighted by atomic mass is 9.92. The summed E-state index contributed by atoms with van der Waals surface area (Å²) in [6.45, 7) is 4.61. The molecular weight excluding hydrogens is 381 g/mol. The average molecular weight is 403 g/mol. The van der Waals surface area contributed by atoms with Crippen LogP contribution in [-0.2, 0) is 12.8 Å². The van der Waals surface area contributed by atoms with E-state index < -0.39 is 7.54 Å². The molecule has 3 aliphatic heterocycles. The summed E-state index contributed by atoms with van der Waals surface area (Å²) in [5, 5.41) is 2.78. The monoisotopic (exact) mass is 403 g/mol. The molecule has 0 amide bonds. The first kappa shape index (κ1) is 21.2. The van der Waals surface area contributed by atoms with Gasteiger partial charge in [0.15, 0.2) is 0 Å². The molecule has 0 fully saturated rings. The number of allylic oxidation sites excluding steroid dienone is 1. The van der Waals surface area contributed by atoms with Gasteiger partial charge in [-0.1, -0.05) is 30.3 Å². The number of hydrogen-bond acceptors (Lipinski definition) is 1. The van der Waals surface area contributed by atoms with Crippen LogP contribution in [0.2, 0.25) is 0 Å². The molecule has 3 aliphatic rings. The lowest BCUT2D eigenvalue weighted by molar-refractivity contribution is -0.00000889. The molecule has 0 N–H and O–H groups in total. The third-order valence-corrected chi connectivity index (χ3v) is 5.52. The number of nitrogens with zero attached hydrogens (tertiary/aromatic N) is 1. The van der Waals surface area contributed by atoms with E-state index in [2.05, 4.69) is 54.0 Å². The van der Waals surface area contributed by atoms with Crippen LogP contribution < -0.4 is 24.6 Å². The highest BCUT2D eigenvalue weighted by atomic mass is 19.4. The van der Waals surface area contributed by atoms with Crippen LogP contribution in [0.4, 0.5) is 12.9 Å². The van der Waals surface area contributed by atoms with Crippen molar-refractivity contribution in [3.8, 4) is 5.75 Å². The van der Waals surface area contributed by atoms with E-state index in [1.165, 1.54) is 59.6 Å². The molecule has 29 heavy (non-hydrogen) atoms. The highest BCUT2D eigenvalue weighted by Gasteiger charge is 2.28. The highest BCUT2D eigenvalue weighted by Crippen LogP contribution is 2.28. The van der Waals surface area contributed by atoms with Crippen LogP contribution >= 0.6 is 0 Å². The van der Waals surface area contributed by atoms with E-state index in [9.17, 15) is 12.9 Å². The molecule has 0 atom stereocenters. The number of ether oxygens (including phenoxy) is 1. The van der Waals surface area contributed by atoms with Gasteiger partial charge in [-0.15, -0.1) is 0 Å². The van der Waals surface area contributed by atoms with Gasteiger partial charge in [0.05, 0.1) is 5.56 Å². The van der Waals surface area contributed by atoms with Crippen LogP contribution in [0, 0.1) is 0 Å². The van der Waals surface area contributed by atoms with E-state index in [1.807, 2.05) is 0 Å². The van der Waals surface area contributed by atoms with Crippen molar-refractivity contribution >= 4 is 18.9 Å². The van der Waals surface area contributed by atoms with E-state index in [0.717, 1.165) is 23.5 Å². The molecule has 2 nitrogen and oxygen atoms in total. The molecule has 0 saturated carbocycles. The molecule has 0 saturated heterocycles. The van der Waals surface area contributed by atoms with Crippen molar-refractivity contribution in [2.75, 3.05) is 13.1 Å². The summed E-state index contributed by atoms with van der Waals surface area (Å²) in [6.07, 6.45) is 7.04. The third kappa shape index (κ3) is 4.23. The first-order chi connectivity index (χ1) is 13.5. The smallest absolute Gasteiger partial charge is 0.762 e. The summed E-state index contributed by atoms with van der Waals surface area (Å²) in [5.74, 6) is 2.09. The summed E-state index contributed by atoms with van der Waals surface area (Å²) in [7, 11) is -3.67. The van der Waals surface area contributed by atoms with Gasteiger partial charge in [-0.05, 0) is 37.5 Å². The minimum absolute atomic E-state index is 0. The lowest BCUT2D eigenvalue weighted by Gasteiger charge is -2.24. The fourth-order valence-corrected chi connectivity index (χ4v) is 4.40. The maximum absolute atomic E-state index is 9.67. The van der Waals surface area contributed by atoms with Gasteiger partial charge in [0, 0.05) is 29.2 Å². The topological polar surface area (TPSA) is 12.2 Å². The molecule has 0 aliphatic carbocycles. The Morgan fingerprint density at radius 2 is 1.66 bits per heavy atom. The number of fused-ring (bicyclic) bond motifs is 2. The van der Waals surface area contributed by atoms with Gasteiger partial charge in [0.2, 0.25) is 5.36 Å². The number of benzene rings is 2. The quantitative estimate of drug-likeness (QED) is 0.385. The molecular formula is C22H22BF4NO. The Morgan fingerprint density at radius 3 is 2.34 bits per heavy atom. The van der Waals surface area contributed by atoms with Crippen molar-refractivity contribution in [1.82, 2.24) is 4.58 Å². The summed E-state index contributed by atoms with van der Waals surface area (Å²) in [6, 6.07) is 12.8. The molecule has 0 bridgehead atoms. The highest BCUT2D eigenvalue weighted by molar-refractivity contribution is 6.33. The van der Waals surface area contributed by atoms with Crippen molar-refractivity contribution in [2.45, 2.75) is 32.6 Å². The molecule has 5 rings (SSSR count). The van der Waals surface area contributed by atoms with Gasteiger partial charge in [-0.3, -0.25) is 12.9 Å². The first-order valence-electron chi connectivity index (χ1n) is 9.69. The largest absolute Gasteiger partial charge is 1.00 e. The second-order valence-corrected chi connectivity index (χ2v) is 7.34. The van der Waals surface area contributed by atoms with Crippen LogP contribution in [0.15, 0.2) is 42.5 Å². The summed E-state index contributed by atoms with van der Waals surface area (Å²) in [4.78, 5) is 0. The van der Waals surface area contributed by atoms with Crippen molar-refractivity contribution in [3.05, 3.63) is 69.7 Å². The molecule has 0 spiro atoms. The maximum atomic E-state index is 9.67. The predicted octanol–water partition coefficient (Wildman–Crippen LogP) is 0.558. The predicted molar refractivity (Wildman–Crippen MR) is 107 cm³/mol. The van der Waals surface area contributed by atoms with Crippen LogP contribution in [0.3, 0.4) is 0 Å². The SMILES string of the molecule is CC1=c2cc3c4c(c2OC(c2ccccc2)=C1)CCC[N+]=4CCC3.FB(F)F.[F-]. The van der Waals surface area contributed by atoms with Crippen molar-refractivity contribution in [3.63, 3.8) is 0 Å². The van der Waals surface area contributed by atoms with Crippen LogP contribution in [-0.4, -0.2) is 20.6 Å². The van der Waals surface area contributed by atoms with E-state index in [-0.39, 0.29) is 4.70 Å². The zero-order chi connectivity index (χ0) is 19.7. The van der Waals surface area contributed by atoms with Gasteiger partial charge >= 0.3 is 7.54 Å². The molecule has 0 radical (unpaired) electrons. The Kier molecular flexibility index (Phi) is 6.45. The second-order valence-electron chi connectivity index (χ2n) is 7.34. The van der Waals surface area contributed by atoms with Gasteiger partial charge in [0.1, 0.15) is 24.6 Å². The Labute approximate surface area is 167 Å². The number of aryl methyl sites for hydroxylation is 1. The number of halogens is 4. The first-order valence-corrected chi connectivity index (χ1v) is 9.69.